The molecule has 2 fully saturated rings. The van der Waals surface area contributed by atoms with E-state index in [0.717, 1.165) is 28.9 Å². The fourth-order valence-electron chi connectivity index (χ4n) is 4.97. The normalized spacial score (nSPS) is 22.7. The van der Waals surface area contributed by atoms with Crippen molar-refractivity contribution in [3.63, 3.8) is 0 Å². The van der Waals surface area contributed by atoms with Crippen LogP contribution >= 0.6 is 0 Å². The zero-order chi connectivity index (χ0) is 22.5. The van der Waals surface area contributed by atoms with Gasteiger partial charge in [0, 0.05) is 30.3 Å². The van der Waals surface area contributed by atoms with E-state index in [1.165, 1.54) is 0 Å². The molecule has 0 aromatic heterocycles. The van der Waals surface area contributed by atoms with Crippen molar-refractivity contribution in [2.75, 3.05) is 12.3 Å². The largest absolute Gasteiger partial charge is 0.427 e. The number of nitrogens with two attached hydrogens (primary N) is 1. The molecular formula is C25H27N3O4. The first kappa shape index (κ1) is 20.5. The quantitative estimate of drug-likeness (QED) is 0.706. The summed E-state index contributed by atoms with van der Waals surface area (Å²) in [6.45, 7) is 2.18. The Morgan fingerprint density at radius 3 is 2.69 bits per heavy atom. The number of ether oxygens (including phenoxy) is 1. The van der Waals surface area contributed by atoms with E-state index < -0.39 is 17.6 Å². The van der Waals surface area contributed by atoms with E-state index in [4.69, 9.17) is 10.5 Å². The summed E-state index contributed by atoms with van der Waals surface area (Å²) in [6.07, 6.45) is 2.39. The van der Waals surface area contributed by atoms with Gasteiger partial charge in [-0.3, -0.25) is 9.59 Å². The van der Waals surface area contributed by atoms with Crippen LogP contribution in [0.3, 0.4) is 0 Å². The maximum atomic E-state index is 13.4. The molecule has 166 valence electrons. The Bertz CT molecular complexity index is 1080. The van der Waals surface area contributed by atoms with Gasteiger partial charge in [0.05, 0.1) is 0 Å². The van der Waals surface area contributed by atoms with Crippen LogP contribution < -0.4 is 5.73 Å². The van der Waals surface area contributed by atoms with Gasteiger partial charge in [0.1, 0.15) is 6.54 Å². The number of carbonyl (C=O) groups is 3. The minimum atomic E-state index is -1.34. The summed E-state index contributed by atoms with van der Waals surface area (Å²) in [5, 5.41) is 0. The van der Waals surface area contributed by atoms with Crippen LogP contribution in [0.1, 0.15) is 42.9 Å². The van der Waals surface area contributed by atoms with Crippen molar-refractivity contribution in [3.05, 3.63) is 65.2 Å². The predicted molar refractivity (Wildman–Crippen MR) is 118 cm³/mol. The van der Waals surface area contributed by atoms with E-state index in [-0.39, 0.29) is 18.5 Å². The lowest BCUT2D eigenvalue weighted by Gasteiger charge is -2.30. The van der Waals surface area contributed by atoms with Crippen molar-refractivity contribution < 1.29 is 19.1 Å². The standard InChI is InChI=1S/C25H27N3O4/c1-16(18-7-8-18)27(14-17-5-3-2-4-6-17)22(29)15-28-23(30)25(32-24(28)31)12-11-19-13-20(26)9-10-21(19)25/h2-6,9-10,13,16,18H,7-8,11-12,14-15,26H2,1H3/t16-,25+/m0/s1. The van der Waals surface area contributed by atoms with Crippen molar-refractivity contribution in [3.8, 4) is 0 Å². The number of nitrogens with zero attached hydrogens (tertiary/aromatic N) is 2. The first-order valence-corrected chi connectivity index (χ1v) is 11.2. The second kappa shape index (κ2) is 7.65. The molecule has 2 aliphatic carbocycles. The minimum absolute atomic E-state index is 0.0422. The maximum absolute atomic E-state index is 13.4. The molecule has 0 bridgehead atoms. The lowest BCUT2D eigenvalue weighted by molar-refractivity contribution is -0.143. The third-order valence-corrected chi connectivity index (χ3v) is 6.99. The van der Waals surface area contributed by atoms with E-state index >= 15 is 0 Å². The lowest BCUT2D eigenvalue weighted by Crippen LogP contribution is -2.47. The number of imide groups is 1. The van der Waals surface area contributed by atoms with E-state index in [0.29, 0.717) is 36.6 Å². The second-order valence-corrected chi connectivity index (χ2v) is 9.09. The van der Waals surface area contributed by atoms with E-state index in [1.54, 1.807) is 17.0 Å². The molecule has 7 nitrogen and oxygen atoms in total. The zero-order valence-corrected chi connectivity index (χ0v) is 18.1. The van der Waals surface area contributed by atoms with Crippen LogP contribution in [0.4, 0.5) is 10.5 Å². The van der Waals surface area contributed by atoms with Gasteiger partial charge >= 0.3 is 6.09 Å². The summed E-state index contributed by atoms with van der Waals surface area (Å²) in [7, 11) is 0. The highest BCUT2D eigenvalue weighted by molar-refractivity contribution is 6.06. The van der Waals surface area contributed by atoms with E-state index in [1.807, 2.05) is 43.3 Å². The number of anilines is 1. The van der Waals surface area contributed by atoms with Crippen molar-refractivity contribution in [2.45, 2.75) is 50.8 Å². The molecule has 0 unspecified atom stereocenters. The average Bonchev–Trinajstić information content (AvgIpc) is 3.54. The molecular weight excluding hydrogens is 406 g/mol. The molecule has 1 aliphatic heterocycles. The molecule has 1 saturated carbocycles. The van der Waals surface area contributed by atoms with Crippen molar-refractivity contribution in [2.24, 2.45) is 5.92 Å². The lowest BCUT2D eigenvalue weighted by atomic mass is 9.94. The van der Waals surface area contributed by atoms with Crippen LogP contribution in [0.5, 0.6) is 0 Å². The molecule has 2 atom stereocenters. The Labute approximate surface area is 187 Å². The Kier molecular flexibility index (Phi) is 4.92. The van der Waals surface area contributed by atoms with Crippen LogP contribution in [-0.2, 0) is 32.9 Å². The van der Waals surface area contributed by atoms with Gasteiger partial charge in [-0.1, -0.05) is 36.4 Å². The van der Waals surface area contributed by atoms with Crippen molar-refractivity contribution in [1.82, 2.24) is 9.80 Å². The summed E-state index contributed by atoms with van der Waals surface area (Å²) in [4.78, 5) is 42.3. The van der Waals surface area contributed by atoms with Gasteiger partial charge in [0.25, 0.3) is 5.91 Å². The molecule has 32 heavy (non-hydrogen) atoms. The highest BCUT2D eigenvalue weighted by atomic mass is 16.6. The fraction of sp³-hybridized carbons (Fsp3) is 0.400. The molecule has 2 aromatic carbocycles. The molecule has 5 rings (SSSR count). The van der Waals surface area contributed by atoms with E-state index in [2.05, 4.69) is 0 Å². The molecule has 1 spiro atoms. The van der Waals surface area contributed by atoms with Crippen molar-refractivity contribution in [1.29, 1.82) is 0 Å². The molecule has 2 aromatic rings. The highest BCUT2D eigenvalue weighted by Gasteiger charge is 2.58. The van der Waals surface area contributed by atoms with E-state index in [9.17, 15) is 14.4 Å². The third kappa shape index (κ3) is 3.42. The van der Waals surface area contributed by atoms with Gasteiger partial charge in [-0.15, -0.1) is 0 Å². The Hall–Kier alpha value is -3.35. The fourth-order valence-corrected chi connectivity index (χ4v) is 4.97. The SMILES string of the molecule is C[C@@H](C1CC1)N(Cc1ccccc1)C(=O)CN1C(=O)O[C@@]2(CCc3cc(N)ccc32)C1=O. The second-order valence-electron chi connectivity index (χ2n) is 9.09. The average molecular weight is 434 g/mol. The molecule has 1 heterocycles. The number of fused-ring (bicyclic) bond motifs is 2. The van der Waals surface area contributed by atoms with Gasteiger partial charge in [0.2, 0.25) is 11.5 Å². The third-order valence-electron chi connectivity index (χ3n) is 6.99. The summed E-state index contributed by atoms with van der Waals surface area (Å²) >= 11 is 0. The number of nitrogen functional groups attached to an aromatic ring is 1. The van der Waals surface area contributed by atoms with Crippen molar-refractivity contribution >= 4 is 23.6 Å². The Morgan fingerprint density at radius 2 is 1.97 bits per heavy atom. The molecule has 0 radical (unpaired) electrons. The predicted octanol–water partition coefficient (Wildman–Crippen LogP) is 3.22. The summed E-state index contributed by atoms with van der Waals surface area (Å²) in [5.74, 6) is -0.244. The van der Waals surface area contributed by atoms with Gasteiger partial charge in [-0.2, -0.15) is 0 Å². The van der Waals surface area contributed by atoms with Gasteiger partial charge < -0.3 is 15.4 Å². The maximum Gasteiger partial charge on any atom is 0.418 e. The summed E-state index contributed by atoms with van der Waals surface area (Å²) < 4.78 is 5.65. The molecule has 3 aliphatic rings. The number of hydrogen-bond acceptors (Lipinski definition) is 5. The van der Waals surface area contributed by atoms with Gasteiger partial charge in [0.15, 0.2) is 0 Å². The van der Waals surface area contributed by atoms with Crippen LogP contribution in [0.2, 0.25) is 0 Å². The zero-order valence-electron chi connectivity index (χ0n) is 18.1. The highest BCUT2D eigenvalue weighted by Crippen LogP contribution is 2.46. The minimum Gasteiger partial charge on any atom is -0.427 e. The number of benzene rings is 2. The van der Waals surface area contributed by atoms with Gasteiger partial charge in [-0.25, -0.2) is 9.69 Å². The smallest absolute Gasteiger partial charge is 0.418 e. The van der Waals surface area contributed by atoms with Crippen LogP contribution in [-0.4, -0.2) is 40.3 Å². The van der Waals surface area contributed by atoms with Crippen LogP contribution in [0.15, 0.2) is 48.5 Å². The summed E-state index contributed by atoms with van der Waals surface area (Å²) in [5.41, 5.74) is 7.74. The number of amides is 3. The van der Waals surface area contributed by atoms with Gasteiger partial charge in [-0.05, 0) is 55.4 Å². The number of aryl methyl sites for hydroxylation is 1. The molecule has 2 N–H and O–H groups in total. The molecule has 3 amide bonds. The first-order valence-electron chi connectivity index (χ1n) is 11.2. The Morgan fingerprint density at radius 1 is 1.22 bits per heavy atom. The summed E-state index contributed by atoms with van der Waals surface area (Å²) in [6, 6.07) is 15.1. The number of rotatable bonds is 6. The molecule has 7 heteroatoms. The monoisotopic (exact) mass is 433 g/mol. The molecule has 1 saturated heterocycles. The van der Waals surface area contributed by atoms with Crippen LogP contribution in [0, 0.1) is 5.92 Å². The van der Waals surface area contributed by atoms with Crippen LogP contribution in [0.25, 0.3) is 0 Å². The first-order chi connectivity index (χ1) is 15.4. The number of hydrogen-bond donors (Lipinski definition) is 1. The topological polar surface area (TPSA) is 92.9 Å². The Balaban J connectivity index is 1.37. The number of carbonyl (C=O) groups excluding carboxylic acids is 3.